The fraction of sp³-hybridized carbons (Fsp3) is 0.172. The van der Waals surface area contributed by atoms with Crippen molar-refractivity contribution >= 4 is 40.9 Å². The van der Waals surface area contributed by atoms with Crippen LogP contribution in [0.25, 0.3) is 0 Å². The summed E-state index contributed by atoms with van der Waals surface area (Å²) in [5.74, 6) is -4.94. The summed E-state index contributed by atoms with van der Waals surface area (Å²) >= 11 is 0. The summed E-state index contributed by atoms with van der Waals surface area (Å²) in [6, 6.07) is 11.7. The van der Waals surface area contributed by atoms with E-state index in [0.29, 0.717) is 21.2 Å². The van der Waals surface area contributed by atoms with Gasteiger partial charge in [0.15, 0.2) is 11.6 Å². The lowest BCUT2D eigenvalue weighted by atomic mass is 10.0. The van der Waals surface area contributed by atoms with Gasteiger partial charge in [0.2, 0.25) is 0 Å². The van der Waals surface area contributed by atoms with E-state index >= 15 is 4.39 Å². The van der Waals surface area contributed by atoms with Gasteiger partial charge >= 0.3 is 12.1 Å². The highest BCUT2D eigenvalue weighted by Gasteiger charge is 2.44. The molecule has 0 spiro atoms. The number of carbonyl (C=O) groups excluding carboxylic acids is 3. The minimum atomic E-state index is -1.19. The van der Waals surface area contributed by atoms with E-state index in [-0.39, 0.29) is 23.6 Å². The third-order valence-corrected chi connectivity index (χ3v) is 6.45. The number of rotatable bonds is 9. The number of methoxy groups -OCH3 is 1. The zero-order chi connectivity index (χ0) is 31.3. The molecule has 0 aromatic heterocycles. The normalized spacial score (nSPS) is 14.5. The molecule has 11 nitrogen and oxygen atoms in total. The minimum Gasteiger partial charge on any atom is -0.494 e. The lowest BCUT2D eigenvalue weighted by Gasteiger charge is -2.37. The largest absolute Gasteiger partial charge is 0.494 e. The summed E-state index contributed by atoms with van der Waals surface area (Å²) in [6.07, 6.45) is 0. The van der Waals surface area contributed by atoms with Crippen molar-refractivity contribution in [3.63, 3.8) is 0 Å². The standard InChI is InChI=1S/C29H28F3N7O4/c1-34-14-21(36-16-10-12-17(13-11-16)37-28(41)35-2)24-26(33)38(15-18-19(30)6-4-7-20(18)31)29(42)39(27(24)40)22-8-5-9-23(43-3)25(22)32/h4-13,33-34,36H,14-15H2,1-3H3,(H2,35,37,41)/b24-21+,33-26?. The highest BCUT2D eigenvalue weighted by molar-refractivity contribution is 6.38. The molecule has 1 saturated heterocycles. The van der Waals surface area contributed by atoms with Crippen molar-refractivity contribution in [2.45, 2.75) is 6.54 Å². The molecule has 0 radical (unpaired) electrons. The Morgan fingerprint density at radius 1 is 0.907 bits per heavy atom. The van der Waals surface area contributed by atoms with E-state index in [4.69, 9.17) is 10.1 Å². The SMILES string of the molecule is CNC/C(Nc1ccc(NC(=O)NC)cc1)=C1/C(=N)N(Cc2c(F)cccc2F)C(=O)N(c2cccc(OC)c2F)C1=O. The molecule has 5 N–H and O–H groups in total. The fourth-order valence-electron chi connectivity index (χ4n) is 4.33. The number of benzene rings is 3. The topological polar surface area (TPSA) is 139 Å². The third kappa shape index (κ3) is 6.28. The van der Waals surface area contributed by atoms with Gasteiger partial charge in [-0.2, -0.15) is 0 Å². The van der Waals surface area contributed by atoms with E-state index in [2.05, 4.69) is 21.3 Å². The number of halogens is 3. The van der Waals surface area contributed by atoms with E-state index in [0.717, 1.165) is 18.2 Å². The van der Waals surface area contributed by atoms with Gasteiger partial charge in [0.05, 0.1) is 19.3 Å². The maximum absolute atomic E-state index is 15.4. The van der Waals surface area contributed by atoms with Crippen LogP contribution < -0.4 is 30.9 Å². The van der Waals surface area contributed by atoms with Crippen molar-refractivity contribution in [1.82, 2.24) is 15.5 Å². The molecule has 1 aliphatic rings. The quantitative estimate of drug-likeness (QED) is 0.233. The van der Waals surface area contributed by atoms with Gasteiger partial charge in [-0.3, -0.25) is 15.1 Å². The first-order chi connectivity index (χ1) is 20.6. The third-order valence-electron chi connectivity index (χ3n) is 6.45. The Morgan fingerprint density at radius 2 is 1.51 bits per heavy atom. The number of amidine groups is 1. The van der Waals surface area contributed by atoms with Crippen molar-refractivity contribution in [2.75, 3.05) is 43.3 Å². The molecule has 224 valence electrons. The van der Waals surface area contributed by atoms with Crippen molar-refractivity contribution in [1.29, 1.82) is 5.41 Å². The van der Waals surface area contributed by atoms with Gasteiger partial charge in [-0.25, -0.2) is 27.7 Å². The zero-order valence-corrected chi connectivity index (χ0v) is 23.3. The molecule has 1 heterocycles. The second-order valence-electron chi connectivity index (χ2n) is 9.14. The van der Waals surface area contributed by atoms with Gasteiger partial charge < -0.3 is 26.0 Å². The lowest BCUT2D eigenvalue weighted by Crippen LogP contribution is -2.57. The number of hydrogen-bond acceptors (Lipinski definition) is 7. The van der Waals surface area contributed by atoms with Crippen molar-refractivity contribution in [3.05, 3.63) is 94.9 Å². The Kier molecular flexibility index (Phi) is 9.30. The summed E-state index contributed by atoms with van der Waals surface area (Å²) in [5.41, 5.74) is -0.361. The Labute approximate surface area is 244 Å². The molecule has 3 aromatic carbocycles. The summed E-state index contributed by atoms with van der Waals surface area (Å²) in [6.45, 7) is -0.798. The summed E-state index contributed by atoms with van der Waals surface area (Å²) in [7, 11) is 4.25. The van der Waals surface area contributed by atoms with Crippen LogP contribution in [0.15, 0.2) is 71.9 Å². The first-order valence-corrected chi connectivity index (χ1v) is 12.8. The Bertz CT molecular complexity index is 1590. The average Bonchev–Trinajstić information content (AvgIpc) is 2.98. The molecule has 1 fully saturated rings. The van der Waals surface area contributed by atoms with Crippen LogP contribution in [-0.4, -0.2) is 56.5 Å². The maximum Gasteiger partial charge on any atom is 0.337 e. The number of nitrogens with one attached hydrogen (secondary N) is 5. The summed E-state index contributed by atoms with van der Waals surface area (Å²) in [5, 5.41) is 19.8. The summed E-state index contributed by atoms with van der Waals surface area (Å²) < 4.78 is 49.7. The van der Waals surface area contributed by atoms with Crippen LogP contribution >= 0.6 is 0 Å². The predicted molar refractivity (Wildman–Crippen MR) is 155 cm³/mol. The molecule has 0 unspecified atom stereocenters. The average molecular weight is 596 g/mol. The van der Waals surface area contributed by atoms with Crippen molar-refractivity contribution in [3.8, 4) is 5.75 Å². The molecule has 14 heteroatoms. The van der Waals surface area contributed by atoms with Gasteiger partial charge in [-0.05, 0) is 55.6 Å². The number of amides is 5. The van der Waals surface area contributed by atoms with E-state index in [9.17, 15) is 23.2 Å². The van der Waals surface area contributed by atoms with Crippen LogP contribution in [0, 0.1) is 22.9 Å². The van der Waals surface area contributed by atoms with Crippen LogP contribution in [0.2, 0.25) is 0 Å². The highest BCUT2D eigenvalue weighted by Crippen LogP contribution is 2.33. The second kappa shape index (κ2) is 13.1. The molecule has 0 bridgehead atoms. The molecule has 4 rings (SSSR count). The molecule has 0 aliphatic carbocycles. The van der Waals surface area contributed by atoms with E-state index in [1.165, 1.54) is 32.4 Å². The first kappa shape index (κ1) is 30.6. The highest BCUT2D eigenvalue weighted by atomic mass is 19.1. The maximum atomic E-state index is 15.4. The number of imide groups is 1. The Balaban J connectivity index is 1.84. The molecular weight excluding hydrogens is 567 g/mol. The van der Waals surface area contributed by atoms with Gasteiger partial charge in [0, 0.05) is 36.2 Å². The Morgan fingerprint density at radius 3 is 2.09 bits per heavy atom. The minimum absolute atomic E-state index is 0.0355. The summed E-state index contributed by atoms with van der Waals surface area (Å²) in [4.78, 5) is 40.4. The number of likely N-dealkylation sites (N-methyl/N-ethyl adjacent to an activating group) is 1. The predicted octanol–water partition coefficient (Wildman–Crippen LogP) is 4.40. The molecule has 3 aromatic rings. The Hall–Kier alpha value is -5.37. The smallest absolute Gasteiger partial charge is 0.337 e. The fourth-order valence-corrected chi connectivity index (χ4v) is 4.33. The number of nitrogens with zero attached hydrogens (tertiary/aromatic N) is 2. The number of carbonyl (C=O) groups is 3. The second-order valence-corrected chi connectivity index (χ2v) is 9.14. The van der Waals surface area contributed by atoms with Crippen LogP contribution in [0.5, 0.6) is 5.75 Å². The zero-order valence-electron chi connectivity index (χ0n) is 23.3. The van der Waals surface area contributed by atoms with E-state index in [1.807, 2.05) is 0 Å². The van der Waals surface area contributed by atoms with Gasteiger partial charge in [-0.15, -0.1) is 0 Å². The van der Waals surface area contributed by atoms with E-state index < -0.39 is 59.1 Å². The van der Waals surface area contributed by atoms with Crippen LogP contribution in [0.4, 0.5) is 39.8 Å². The van der Waals surface area contributed by atoms with Crippen LogP contribution in [0.3, 0.4) is 0 Å². The molecule has 5 amide bonds. The van der Waals surface area contributed by atoms with Crippen molar-refractivity contribution in [2.24, 2.45) is 0 Å². The lowest BCUT2D eigenvalue weighted by molar-refractivity contribution is -0.114. The van der Waals surface area contributed by atoms with Crippen molar-refractivity contribution < 1.29 is 32.3 Å². The molecule has 1 aliphatic heterocycles. The van der Waals surface area contributed by atoms with Gasteiger partial charge in [0.25, 0.3) is 5.91 Å². The molecule has 43 heavy (non-hydrogen) atoms. The van der Waals surface area contributed by atoms with Crippen LogP contribution in [-0.2, 0) is 11.3 Å². The number of urea groups is 2. The number of ether oxygens (including phenoxy) is 1. The molecule has 0 saturated carbocycles. The molecule has 0 atom stereocenters. The van der Waals surface area contributed by atoms with Crippen LogP contribution in [0.1, 0.15) is 5.56 Å². The molecular formula is C29H28F3N7O4. The van der Waals surface area contributed by atoms with E-state index in [1.54, 1.807) is 31.3 Å². The van der Waals surface area contributed by atoms with Gasteiger partial charge in [-0.1, -0.05) is 12.1 Å². The number of anilines is 3. The monoisotopic (exact) mass is 595 g/mol. The number of hydrogen-bond donors (Lipinski definition) is 5. The van der Waals surface area contributed by atoms with Gasteiger partial charge in [0.1, 0.15) is 23.0 Å². The first-order valence-electron chi connectivity index (χ1n) is 12.8.